The Morgan fingerprint density at radius 2 is 1.91 bits per heavy atom. The molecule has 0 atom stereocenters. The lowest BCUT2D eigenvalue weighted by molar-refractivity contribution is -0.387. The van der Waals surface area contributed by atoms with Crippen LogP contribution in [0.5, 0.6) is 0 Å². The molecule has 3 aliphatic rings. The molecule has 8 nitrogen and oxygen atoms in total. The average molecular weight is 340 g/mol. The van der Waals surface area contributed by atoms with Crippen LogP contribution in [-0.2, 0) is 16.6 Å². The van der Waals surface area contributed by atoms with E-state index in [-0.39, 0.29) is 0 Å². The summed E-state index contributed by atoms with van der Waals surface area (Å²) in [6.45, 7) is 4.71. The third-order valence-corrected chi connectivity index (χ3v) is 5.63. The number of hydrogen-bond donors (Lipinski definition) is 1. The van der Waals surface area contributed by atoms with Gasteiger partial charge in [-0.25, -0.2) is 13.6 Å². The van der Waals surface area contributed by atoms with Crippen LogP contribution < -0.4 is 5.14 Å². The molecule has 2 N–H and O–H groups in total. The Morgan fingerprint density at radius 3 is 2.52 bits per heavy atom. The van der Waals surface area contributed by atoms with Gasteiger partial charge in [0, 0.05) is 31.7 Å². The van der Waals surface area contributed by atoms with Gasteiger partial charge in [-0.3, -0.25) is 15.0 Å². The zero-order chi connectivity index (χ0) is 16.6. The van der Waals surface area contributed by atoms with Gasteiger partial charge < -0.3 is 4.90 Å². The molecular formula is C14H20N4O4S. The van der Waals surface area contributed by atoms with Crippen molar-refractivity contribution in [1.29, 1.82) is 0 Å². The average Bonchev–Trinajstić information content (AvgIpc) is 2.80. The molecule has 3 saturated heterocycles. The maximum atomic E-state index is 11.6. The van der Waals surface area contributed by atoms with Crippen LogP contribution in [0.1, 0.15) is 18.4 Å². The fraction of sp³-hybridized carbons (Fsp3) is 0.571. The zero-order valence-electron chi connectivity index (χ0n) is 12.7. The minimum Gasteiger partial charge on any atom is -0.302 e. The van der Waals surface area contributed by atoms with Crippen LogP contribution in [0.2, 0.25) is 0 Å². The van der Waals surface area contributed by atoms with E-state index >= 15 is 0 Å². The van der Waals surface area contributed by atoms with E-state index in [1.807, 2.05) is 0 Å². The molecule has 4 rings (SSSR count). The van der Waals surface area contributed by atoms with Gasteiger partial charge >= 0.3 is 0 Å². The van der Waals surface area contributed by atoms with Gasteiger partial charge in [0.15, 0.2) is 4.90 Å². The molecule has 3 aliphatic heterocycles. The Balaban J connectivity index is 1.87. The van der Waals surface area contributed by atoms with Crippen LogP contribution in [-0.4, -0.2) is 55.4 Å². The van der Waals surface area contributed by atoms with E-state index < -0.39 is 25.5 Å². The van der Waals surface area contributed by atoms with Crippen molar-refractivity contribution in [2.75, 3.05) is 26.2 Å². The quantitative estimate of drug-likeness (QED) is 0.632. The first-order valence-corrected chi connectivity index (χ1v) is 9.16. The van der Waals surface area contributed by atoms with Crippen molar-refractivity contribution >= 4 is 15.7 Å². The summed E-state index contributed by atoms with van der Waals surface area (Å²) in [6, 6.07) is 4.67. The topological polar surface area (TPSA) is 110 Å². The fourth-order valence-electron chi connectivity index (χ4n) is 3.44. The van der Waals surface area contributed by atoms with E-state index in [2.05, 4.69) is 9.80 Å². The van der Waals surface area contributed by atoms with Crippen molar-refractivity contribution in [2.24, 2.45) is 5.14 Å². The van der Waals surface area contributed by atoms with Crippen LogP contribution in [0.3, 0.4) is 0 Å². The summed E-state index contributed by atoms with van der Waals surface area (Å²) < 4.78 is 23.3. The number of rotatable bonds is 4. The van der Waals surface area contributed by atoms with Crippen molar-refractivity contribution in [2.45, 2.75) is 30.3 Å². The highest BCUT2D eigenvalue weighted by molar-refractivity contribution is 7.89. The molecule has 3 fully saturated rings. The fourth-order valence-corrected chi connectivity index (χ4v) is 4.19. The number of nitrogens with zero attached hydrogens (tertiary/aromatic N) is 3. The number of hydrogen-bond acceptors (Lipinski definition) is 6. The number of piperidine rings is 1. The molecule has 1 aromatic carbocycles. The third kappa shape index (κ3) is 3.52. The van der Waals surface area contributed by atoms with E-state index in [1.54, 1.807) is 6.07 Å². The van der Waals surface area contributed by atoms with Crippen molar-refractivity contribution in [1.82, 2.24) is 9.80 Å². The molecule has 0 amide bonds. The molecule has 0 aromatic heterocycles. The summed E-state index contributed by atoms with van der Waals surface area (Å²) in [6.07, 6.45) is 2.21. The Bertz CT molecular complexity index is 713. The van der Waals surface area contributed by atoms with Gasteiger partial charge in [0.2, 0.25) is 10.0 Å². The summed E-state index contributed by atoms with van der Waals surface area (Å²) in [5.74, 6) is 0. The molecule has 0 aliphatic carbocycles. The van der Waals surface area contributed by atoms with Crippen LogP contribution in [0.25, 0.3) is 0 Å². The third-order valence-electron chi connectivity index (χ3n) is 4.69. The highest BCUT2D eigenvalue weighted by atomic mass is 32.2. The van der Waals surface area contributed by atoms with Crippen LogP contribution in [0.15, 0.2) is 23.1 Å². The standard InChI is InChI=1S/C14H20N4O4S/c15-23(21,22)14-9-11(1-2-13(14)18(19)20)10-17-8-7-16-5-3-12(17)4-6-16/h1-2,9,12H,3-8,10H2,(H2,15,21,22). The van der Waals surface area contributed by atoms with Crippen LogP contribution in [0.4, 0.5) is 5.69 Å². The van der Waals surface area contributed by atoms with Gasteiger partial charge in [0.25, 0.3) is 5.69 Å². The van der Waals surface area contributed by atoms with Crippen LogP contribution >= 0.6 is 0 Å². The molecule has 3 heterocycles. The van der Waals surface area contributed by atoms with E-state index in [0.29, 0.717) is 12.6 Å². The van der Waals surface area contributed by atoms with Gasteiger partial charge in [0.05, 0.1) is 4.92 Å². The number of nitro benzene ring substituents is 1. The number of nitro groups is 1. The first-order valence-electron chi connectivity index (χ1n) is 7.61. The van der Waals surface area contributed by atoms with Crippen molar-refractivity contribution in [3.05, 3.63) is 33.9 Å². The largest absolute Gasteiger partial charge is 0.302 e. The highest BCUT2D eigenvalue weighted by Crippen LogP contribution is 2.27. The van der Waals surface area contributed by atoms with Crippen molar-refractivity contribution < 1.29 is 13.3 Å². The normalized spacial score (nSPS) is 25.3. The lowest BCUT2D eigenvalue weighted by Crippen LogP contribution is -2.37. The summed E-state index contributed by atoms with van der Waals surface area (Å²) in [7, 11) is -4.13. The molecular weight excluding hydrogens is 320 g/mol. The highest BCUT2D eigenvalue weighted by Gasteiger charge is 2.29. The van der Waals surface area contributed by atoms with Gasteiger partial charge in [-0.05, 0) is 37.6 Å². The van der Waals surface area contributed by atoms with Crippen molar-refractivity contribution in [3.63, 3.8) is 0 Å². The molecule has 1 aromatic rings. The van der Waals surface area contributed by atoms with Crippen LogP contribution in [0, 0.1) is 10.1 Å². The van der Waals surface area contributed by atoms with E-state index in [4.69, 9.17) is 5.14 Å². The summed E-state index contributed by atoms with van der Waals surface area (Å²) in [4.78, 5) is 14.6. The Hall–Kier alpha value is -1.55. The van der Waals surface area contributed by atoms with Gasteiger partial charge in [-0.15, -0.1) is 0 Å². The number of sulfonamides is 1. The maximum absolute atomic E-state index is 11.6. The monoisotopic (exact) mass is 340 g/mol. The number of primary sulfonamides is 1. The molecule has 2 bridgehead atoms. The Labute approximate surface area is 135 Å². The van der Waals surface area contributed by atoms with Gasteiger partial charge in [-0.2, -0.15) is 0 Å². The second-order valence-electron chi connectivity index (χ2n) is 6.15. The molecule has 9 heteroatoms. The molecule has 126 valence electrons. The molecule has 0 radical (unpaired) electrons. The first-order chi connectivity index (χ1) is 10.8. The second kappa shape index (κ2) is 6.16. The molecule has 0 saturated carbocycles. The van der Waals surface area contributed by atoms with Crippen molar-refractivity contribution in [3.8, 4) is 0 Å². The van der Waals surface area contributed by atoms with E-state index in [1.165, 1.54) is 12.1 Å². The zero-order valence-corrected chi connectivity index (χ0v) is 13.5. The second-order valence-corrected chi connectivity index (χ2v) is 7.68. The first kappa shape index (κ1) is 16.3. The Kier molecular flexibility index (Phi) is 4.37. The molecule has 0 unspecified atom stereocenters. The lowest BCUT2D eigenvalue weighted by Gasteiger charge is -2.31. The molecule has 23 heavy (non-hydrogen) atoms. The smallest absolute Gasteiger partial charge is 0.289 e. The number of fused-ring (bicyclic) bond motifs is 4. The summed E-state index contributed by atoms with van der Waals surface area (Å²) in [5.41, 5.74) is 0.263. The minimum absolute atomic E-state index is 0.414. The molecule has 0 spiro atoms. The predicted molar refractivity (Wildman–Crippen MR) is 84.3 cm³/mol. The SMILES string of the molecule is NS(=O)(=O)c1cc(CN2CCN3CCC2CC3)ccc1[N+](=O)[O-]. The summed E-state index contributed by atoms with van der Waals surface area (Å²) >= 11 is 0. The summed E-state index contributed by atoms with van der Waals surface area (Å²) in [5, 5.41) is 16.1. The number of nitrogens with two attached hydrogens (primary N) is 1. The number of benzene rings is 1. The predicted octanol–water partition coefficient (Wildman–Crippen LogP) is 0.522. The van der Waals surface area contributed by atoms with Gasteiger partial charge in [0.1, 0.15) is 0 Å². The maximum Gasteiger partial charge on any atom is 0.289 e. The van der Waals surface area contributed by atoms with E-state index in [0.717, 1.165) is 44.6 Å². The Morgan fingerprint density at radius 1 is 1.22 bits per heavy atom. The lowest BCUT2D eigenvalue weighted by atomic mass is 10.0. The van der Waals surface area contributed by atoms with Gasteiger partial charge in [-0.1, -0.05) is 6.07 Å². The van der Waals surface area contributed by atoms with E-state index in [9.17, 15) is 18.5 Å². The minimum atomic E-state index is -4.13.